The van der Waals surface area contributed by atoms with E-state index in [2.05, 4.69) is 15.6 Å². The highest BCUT2D eigenvalue weighted by Gasteiger charge is 2.15. The topological polar surface area (TPSA) is 89.6 Å². The van der Waals surface area contributed by atoms with Gasteiger partial charge in [0, 0.05) is 24.9 Å². The number of aryl methyl sites for hydroxylation is 1. The highest BCUT2D eigenvalue weighted by Crippen LogP contribution is 2.24. The lowest BCUT2D eigenvalue weighted by molar-refractivity contribution is 0.0963. The van der Waals surface area contributed by atoms with Gasteiger partial charge in [-0.05, 0) is 61.0 Å². The third kappa shape index (κ3) is 4.90. The van der Waals surface area contributed by atoms with Crippen LogP contribution in [0.5, 0.6) is 17.4 Å². The number of carbonyl (C=O) groups excluding carboxylic acids is 2. The molecule has 1 aromatic heterocycles. The van der Waals surface area contributed by atoms with Crippen LogP contribution in [0, 0.1) is 6.92 Å². The highest BCUT2D eigenvalue weighted by molar-refractivity contribution is 6.09. The summed E-state index contributed by atoms with van der Waals surface area (Å²) in [5.41, 5.74) is 2.16. The van der Waals surface area contributed by atoms with Crippen LogP contribution < -0.4 is 20.1 Å². The Kier molecular flexibility index (Phi) is 6.09. The molecule has 0 fully saturated rings. The molecule has 29 heavy (non-hydrogen) atoms. The first-order chi connectivity index (χ1) is 14.0. The Labute approximate surface area is 168 Å². The number of benzene rings is 2. The van der Waals surface area contributed by atoms with Crippen LogP contribution in [0.25, 0.3) is 0 Å². The fourth-order valence-corrected chi connectivity index (χ4v) is 2.64. The van der Waals surface area contributed by atoms with Crippen molar-refractivity contribution in [3.63, 3.8) is 0 Å². The van der Waals surface area contributed by atoms with Crippen molar-refractivity contribution < 1.29 is 19.1 Å². The highest BCUT2D eigenvalue weighted by atomic mass is 16.5. The summed E-state index contributed by atoms with van der Waals surface area (Å²) in [6.07, 6.45) is 1.67. The van der Waals surface area contributed by atoms with Crippen molar-refractivity contribution in [2.24, 2.45) is 0 Å². The average molecular weight is 391 g/mol. The summed E-state index contributed by atoms with van der Waals surface area (Å²) in [6.45, 7) is 1.95. The number of hydrogen-bond acceptors (Lipinski definition) is 5. The van der Waals surface area contributed by atoms with Crippen molar-refractivity contribution in [3.8, 4) is 17.4 Å². The van der Waals surface area contributed by atoms with E-state index >= 15 is 0 Å². The second-order valence-corrected chi connectivity index (χ2v) is 6.24. The van der Waals surface area contributed by atoms with Gasteiger partial charge < -0.3 is 20.1 Å². The summed E-state index contributed by atoms with van der Waals surface area (Å²) in [6, 6.07) is 15.2. The Hall–Kier alpha value is -3.87. The van der Waals surface area contributed by atoms with Crippen molar-refractivity contribution in [3.05, 3.63) is 77.5 Å². The molecule has 0 unspecified atom stereocenters. The predicted octanol–water partition coefficient (Wildman–Crippen LogP) is 3.80. The first kappa shape index (κ1) is 19.9. The van der Waals surface area contributed by atoms with E-state index in [4.69, 9.17) is 9.47 Å². The minimum atomic E-state index is -0.347. The van der Waals surface area contributed by atoms with Gasteiger partial charge in [0.1, 0.15) is 11.5 Å². The van der Waals surface area contributed by atoms with E-state index in [0.29, 0.717) is 34.2 Å². The molecule has 3 rings (SSSR count). The zero-order valence-electron chi connectivity index (χ0n) is 16.4. The standard InChI is InChI=1S/C22H21N3O4/c1-14-10-11-24-20(12-14)29-16-6-4-15(5-7-16)21(26)25-19-9-8-17(28-3)13-18(19)22(27)23-2/h4-13H,1-3H3,(H,23,27)(H,25,26). The van der Waals surface area contributed by atoms with Gasteiger partial charge in [0.2, 0.25) is 5.88 Å². The minimum Gasteiger partial charge on any atom is -0.497 e. The Morgan fingerprint density at radius 1 is 0.931 bits per heavy atom. The number of ether oxygens (including phenoxy) is 2. The molecular formula is C22H21N3O4. The molecule has 0 atom stereocenters. The lowest BCUT2D eigenvalue weighted by Gasteiger charge is -2.12. The van der Waals surface area contributed by atoms with Gasteiger partial charge in [-0.15, -0.1) is 0 Å². The van der Waals surface area contributed by atoms with Crippen LogP contribution in [0.4, 0.5) is 5.69 Å². The Morgan fingerprint density at radius 2 is 1.66 bits per heavy atom. The van der Waals surface area contributed by atoms with E-state index in [9.17, 15) is 9.59 Å². The molecule has 0 aliphatic carbocycles. The molecule has 2 N–H and O–H groups in total. The molecule has 2 amide bonds. The Morgan fingerprint density at radius 3 is 2.31 bits per heavy atom. The number of carbonyl (C=O) groups is 2. The van der Waals surface area contributed by atoms with Crippen LogP contribution in [-0.4, -0.2) is 31.0 Å². The van der Waals surface area contributed by atoms with Crippen LogP contribution in [0.2, 0.25) is 0 Å². The molecule has 2 aromatic carbocycles. The summed E-state index contributed by atoms with van der Waals surface area (Å²) < 4.78 is 10.8. The lowest BCUT2D eigenvalue weighted by atomic mass is 10.1. The van der Waals surface area contributed by atoms with Crippen molar-refractivity contribution in [2.75, 3.05) is 19.5 Å². The molecule has 7 heteroatoms. The van der Waals surface area contributed by atoms with Crippen LogP contribution in [0.3, 0.4) is 0 Å². The second kappa shape index (κ2) is 8.88. The smallest absolute Gasteiger partial charge is 0.255 e. The molecule has 0 aliphatic heterocycles. The maximum Gasteiger partial charge on any atom is 0.255 e. The van der Waals surface area contributed by atoms with Gasteiger partial charge in [0.15, 0.2) is 0 Å². The van der Waals surface area contributed by atoms with Gasteiger partial charge in [-0.1, -0.05) is 0 Å². The Bertz CT molecular complexity index is 1030. The lowest BCUT2D eigenvalue weighted by Crippen LogP contribution is -2.21. The molecule has 0 saturated carbocycles. The average Bonchev–Trinajstić information content (AvgIpc) is 2.74. The second-order valence-electron chi connectivity index (χ2n) is 6.24. The summed E-state index contributed by atoms with van der Waals surface area (Å²) >= 11 is 0. The summed E-state index contributed by atoms with van der Waals surface area (Å²) in [4.78, 5) is 28.9. The van der Waals surface area contributed by atoms with Crippen LogP contribution >= 0.6 is 0 Å². The van der Waals surface area contributed by atoms with E-state index in [1.807, 2.05) is 19.1 Å². The van der Waals surface area contributed by atoms with Crippen molar-refractivity contribution >= 4 is 17.5 Å². The number of aromatic nitrogens is 1. The summed E-state index contributed by atoms with van der Waals surface area (Å²) in [7, 11) is 3.03. The summed E-state index contributed by atoms with van der Waals surface area (Å²) in [5.74, 6) is 0.896. The number of methoxy groups -OCH3 is 1. The third-order valence-corrected chi connectivity index (χ3v) is 4.18. The van der Waals surface area contributed by atoms with Crippen molar-refractivity contribution in [1.29, 1.82) is 0 Å². The van der Waals surface area contributed by atoms with Crippen LogP contribution in [0.15, 0.2) is 60.8 Å². The predicted molar refractivity (Wildman–Crippen MR) is 110 cm³/mol. The fraction of sp³-hybridized carbons (Fsp3) is 0.136. The zero-order chi connectivity index (χ0) is 20.8. The summed E-state index contributed by atoms with van der Waals surface area (Å²) in [5, 5.41) is 5.31. The first-order valence-corrected chi connectivity index (χ1v) is 8.92. The van der Waals surface area contributed by atoms with Crippen LogP contribution in [0.1, 0.15) is 26.3 Å². The fourth-order valence-electron chi connectivity index (χ4n) is 2.64. The first-order valence-electron chi connectivity index (χ1n) is 8.92. The molecular weight excluding hydrogens is 370 g/mol. The van der Waals surface area contributed by atoms with Gasteiger partial charge in [-0.3, -0.25) is 9.59 Å². The number of hydrogen-bond donors (Lipinski definition) is 2. The Balaban J connectivity index is 1.75. The molecule has 0 saturated heterocycles. The number of rotatable bonds is 6. The van der Waals surface area contributed by atoms with E-state index in [-0.39, 0.29) is 11.8 Å². The van der Waals surface area contributed by atoms with Crippen molar-refractivity contribution in [1.82, 2.24) is 10.3 Å². The molecule has 0 spiro atoms. The van der Waals surface area contributed by atoms with Crippen molar-refractivity contribution in [2.45, 2.75) is 6.92 Å². The van der Waals surface area contributed by atoms with Gasteiger partial charge in [-0.25, -0.2) is 4.98 Å². The SMILES string of the molecule is CNC(=O)c1cc(OC)ccc1NC(=O)c1ccc(Oc2cc(C)ccn2)cc1. The normalized spacial score (nSPS) is 10.2. The monoisotopic (exact) mass is 391 g/mol. The van der Waals surface area contributed by atoms with E-state index in [1.165, 1.54) is 14.2 Å². The molecule has 0 aliphatic rings. The molecule has 0 bridgehead atoms. The number of pyridine rings is 1. The van der Waals surface area contributed by atoms with Gasteiger partial charge >= 0.3 is 0 Å². The van der Waals surface area contributed by atoms with E-state index in [0.717, 1.165) is 5.56 Å². The zero-order valence-corrected chi connectivity index (χ0v) is 16.4. The number of anilines is 1. The quantitative estimate of drug-likeness (QED) is 0.667. The van der Waals surface area contributed by atoms with Crippen LogP contribution in [-0.2, 0) is 0 Å². The van der Waals surface area contributed by atoms with Gasteiger partial charge in [0.25, 0.3) is 11.8 Å². The minimum absolute atomic E-state index is 0.311. The van der Waals surface area contributed by atoms with Gasteiger partial charge in [-0.2, -0.15) is 0 Å². The third-order valence-electron chi connectivity index (χ3n) is 4.18. The van der Waals surface area contributed by atoms with Gasteiger partial charge in [0.05, 0.1) is 18.4 Å². The largest absolute Gasteiger partial charge is 0.497 e. The number of nitrogens with zero attached hydrogens (tertiary/aromatic N) is 1. The molecule has 148 valence electrons. The molecule has 3 aromatic rings. The van der Waals surface area contributed by atoms with E-state index < -0.39 is 0 Å². The molecule has 0 radical (unpaired) electrons. The number of amides is 2. The maximum atomic E-state index is 12.6. The molecule has 7 nitrogen and oxygen atoms in total. The number of nitrogens with one attached hydrogen (secondary N) is 2. The van der Waals surface area contributed by atoms with E-state index in [1.54, 1.807) is 48.7 Å². The maximum absolute atomic E-state index is 12.6. The molecule has 1 heterocycles.